The molecule has 6 nitrogen and oxygen atoms in total. The second kappa shape index (κ2) is 8.45. The number of aryl methyl sites for hydroxylation is 3. The molecule has 0 amide bonds. The van der Waals surface area contributed by atoms with Gasteiger partial charge in [0.25, 0.3) is 0 Å². The molecular formula is C24H24N2O4. The zero-order chi connectivity index (χ0) is 21.1. The second-order valence-corrected chi connectivity index (χ2v) is 7.22. The Morgan fingerprint density at radius 1 is 1.07 bits per heavy atom. The number of nitrogens with zero attached hydrogens (tertiary/aromatic N) is 1. The van der Waals surface area contributed by atoms with Crippen LogP contribution in [0.25, 0.3) is 22.2 Å². The SMILES string of the molecule is COc1ccc(-c2[nH]c3ccccc3c2CCC(=O)OCc2c(C)noc2C)cc1. The molecule has 0 aliphatic heterocycles. The number of carbonyl (C=O) groups is 1. The summed E-state index contributed by atoms with van der Waals surface area (Å²) < 4.78 is 15.9. The van der Waals surface area contributed by atoms with Crippen molar-refractivity contribution in [3.8, 4) is 17.0 Å². The van der Waals surface area contributed by atoms with Crippen LogP contribution in [0.3, 0.4) is 0 Å². The first-order valence-electron chi connectivity index (χ1n) is 9.88. The Bertz CT molecular complexity index is 1150. The number of aromatic amines is 1. The zero-order valence-electron chi connectivity index (χ0n) is 17.3. The number of H-pyrrole nitrogens is 1. The van der Waals surface area contributed by atoms with Crippen molar-refractivity contribution >= 4 is 16.9 Å². The lowest BCUT2D eigenvalue weighted by atomic mass is 10.0. The van der Waals surface area contributed by atoms with Gasteiger partial charge in [-0.25, -0.2) is 0 Å². The van der Waals surface area contributed by atoms with Gasteiger partial charge in [0.05, 0.1) is 18.4 Å². The molecule has 0 bridgehead atoms. The summed E-state index contributed by atoms with van der Waals surface area (Å²) >= 11 is 0. The number of methoxy groups -OCH3 is 1. The van der Waals surface area contributed by atoms with E-state index in [0.29, 0.717) is 12.2 Å². The summed E-state index contributed by atoms with van der Waals surface area (Å²) in [6.07, 6.45) is 0.861. The number of ether oxygens (including phenoxy) is 2. The number of esters is 1. The highest BCUT2D eigenvalue weighted by Gasteiger charge is 2.16. The topological polar surface area (TPSA) is 77.4 Å². The number of hydrogen-bond acceptors (Lipinski definition) is 5. The Labute approximate surface area is 174 Å². The number of hydrogen-bond donors (Lipinski definition) is 1. The molecule has 0 radical (unpaired) electrons. The predicted molar refractivity (Wildman–Crippen MR) is 114 cm³/mol. The van der Waals surface area contributed by atoms with Gasteiger partial charge in [-0.15, -0.1) is 0 Å². The smallest absolute Gasteiger partial charge is 0.306 e. The van der Waals surface area contributed by atoms with Crippen molar-refractivity contribution in [2.45, 2.75) is 33.3 Å². The van der Waals surface area contributed by atoms with E-state index in [2.05, 4.69) is 16.2 Å². The van der Waals surface area contributed by atoms with E-state index in [1.807, 2.05) is 56.3 Å². The molecule has 2 aromatic carbocycles. The molecule has 4 rings (SSSR count). The molecule has 6 heteroatoms. The molecule has 0 spiro atoms. The summed E-state index contributed by atoms with van der Waals surface area (Å²) in [5.74, 6) is 1.24. The van der Waals surface area contributed by atoms with E-state index in [1.165, 1.54) is 0 Å². The van der Waals surface area contributed by atoms with E-state index in [4.69, 9.17) is 14.0 Å². The van der Waals surface area contributed by atoms with Crippen LogP contribution in [0.4, 0.5) is 0 Å². The van der Waals surface area contributed by atoms with Crippen LogP contribution in [0.5, 0.6) is 5.75 Å². The fourth-order valence-corrected chi connectivity index (χ4v) is 3.62. The van der Waals surface area contributed by atoms with Crippen LogP contribution in [0, 0.1) is 13.8 Å². The highest BCUT2D eigenvalue weighted by atomic mass is 16.5. The van der Waals surface area contributed by atoms with Crippen LogP contribution in [0.1, 0.15) is 29.0 Å². The highest BCUT2D eigenvalue weighted by Crippen LogP contribution is 2.32. The van der Waals surface area contributed by atoms with E-state index < -0.39 is 0 Å². The Kier molecular flexibility index (Phi) is 5.57. The van der Waals surface area contributed by atoms with Crippen LogP contribution in [0.2, 0.25) is 0 Å². The Balaban J connectivity index is 1.53. The van der Waals surface area contributed by atoms with E-state index in [9.17, 15) is 4.79 Å². The monoisotopic (exact) mass is 404 g/mol. The minimum Gasteiger partial charge on any atom is -0.497 e. The summed E-state index contributed by atoms with van der Waals surface area (Å²) in [5, 5.41) is 5.01. The third-order valence-electron chi connectivity index (χ3n) is 5.33. The van der Waals surface area contributed by atoms with Gasteiger partial charge in [-0.1, -0.05) is 23.4 Å². The minimum absolute atomic E-state index is 0.180. The molecular weight excluding hydrogens is 380 g/mol. The molecule has 0 saturated carbocycles. The van der Waals surface area contributed by atoms with Gasteiger partial charge in [0.15, 0.2) is 0 Å². The van der Waals surface area contributed by atoms with Gasteiger partial charge in [-0.3, -0.25) is 4.79 Å². The molecule has 4 aromatic rings. The van der Waals surface area contributed by atoms with Crippen molar-refractivity contribution in [2.24, 2.45) is 0 Å². The lowest BCUT2D eigenvalue weighted by Crippen LogP contribution is -2.07. The molecule has 30 heavy (non-hydrogen) atoms. The summed E-state index contributed by atoms with van der Waals surface area (Å²) in [6.45, 7) is 3.84. The number of rotatable bonds is 7. The van der Waals surface area contributed by atoms with Crippen molar-refractivity contribution in [1.82, 2.24) is 10.1 Å². The molecule has 1 N–H and O–H groups in total. The molecule has 0 aliphatic carbocycles. The number of fused-ring (bicyclic) bond motifs is 1. The third-order valence-corrected chi connectivity index (χ3v) is 5.33. The average molecular weight is 404 g/mol. The van der Waals surface area contributed by atoms with Gasteiger partial charge in [0, 0.05) is 23.0 Å². The van der Waals surface area contributed by atoms with Crippen molar-refractivity contribution < 1.29 is 18.8 Å². The minimum atomic E-state index is -0.249. The average Bonchev–Trinajstić information content (AvgIpc) is 3.30. The lowest BCUT2D eigenvalue weighted by molar-refractivity contribution is -0.144. The van der Waals surface area contributed by atoms with Gasteiger partial charge in [0.2, 0.25) is 0 Å². The summed E-state index contributed by atoms with van der Waals surface area (Å²) in [7, 11) is 1.65. The van der Waals surface area contributed by atoms with E-state index in [0.717, 1.165) is 44.7 Å². The quantitative estimate of drug-likeness (QED) is 0.432. The molecule has 0 saturated heterocycles. The molecule has 0 aliphatic rings. The Hall–Kier alpha value is -3.54. The molecule has 0 fully saturated rings. The normalized spacial score (nSPS) is 11.0. The zero-order valence-corrected chi connectivity index (χ0v) is 17.3. The summed E-state index contributed by atoms with van der Waals surface area (Å²) in [5.41, 5.74) is 5.78. The van der Waals surface area contributed by atoms with Crippen molar-refractivity contribution in [3.05, 3.63) is 71.1 Å². The molecule has 0 atom stereocenters. The number of para-hydroxylation sites is 1. The summed E-state index contributed by atoms with van der Waals surface area (Å²) in [4.78, 5) is 15.9. The van der Waals surface area contributed by atoms with Gasteiger partial charge in [-0.05, 0) is 61.7 Å². The summed E-state index contributed by atoms with van der Waals surface area (Å²) in [6, 6.07) is 16.0. The van der Waals surface area contributed by atoms with Gasteiger partial charge in [-0.2, -0.15) is 0 Å². The van der Waals surface area contributed by atoms with E-state index in [-0.39, 0.29) is 19.0 Å². The molecule has 154 valence electrons. The Morgan fingerprint density at radius 2 is 1.83 bits per heavy atom. The van der Waals surface area contributed by atoms with Crippen LogP contribution < -0.4 is 4.74 Å². The van der Waals surface area contributed by atoms with E-state index >= 15 is 0 Å². The first kappa shape index (κ1) is 19.8. The van der Waals surface area contributed by atoms with E-state index in [1.54, 1.807) is 7.11 Å². The van der Waals surface area contributed by atoms with Gasteiger partial charge >= 0.3 is 5.97 Å². The largest absolute Gasteiger partial charge is 0.497 e. The fourth-order valence-electron chi connectivity index (χ4n) is 3.62. The maximum absolute atomic E-state index is 12.4. The lowest BCUT2D eigenvalue weighted by Gasteiger charge is -2.07. The maximum atomic E-state index is 12.4. The third kappa shape index (κ3) is 3.94. The van der Waals surface area contributed by atoms with Crippen molar-refractivity contribution in [1.29, 1.82) is 0 Å². The van der Waals surface area contributed by atoms with Gasteiger partial charge < -0.3 is 19.0 Å². The maximum Gasteiger partial charge on any atom is 0.306 e. The van der Waals surface area contributed by atoms with Crippen LogP contribution in [0.15, 0.2) is 53.1 Å². The van der Waals surface area contributed by atoms with Gasteiger partial charge in [0.1, 0.15) is 18.1 Å². The predicted octanol–water partition coefficient (Wildman–Crippen LogP) is 5.12. The highest BCUT2D eigenvalue weighted by molar-refractivity contribution is 5.91. The van der Waals surface area contributed by atoms with Crippen LogP contribution in [-0.4, -0.2) is 23.2 Å². The van der Waals surface area contributed by atoms with Crippen molar-refractivity contribution in [3.63, 3.8) is 0 Å². The molecule has 0 unspecified atom stereocenters. The van der Waals surface area contributed by atoms with Crippen LogP contribution in [-0.2, 0) is 22.6 Å². The molecule has 2 aromatic heterocycles. The fraction of sp³-hybridized carbons (Fsp3) is 0.250. The number of benzene rings is 2. The Morgan fingerprint density at radius 3 is 2.53 bits per heavy atom. The first-order chi connectivity index (χ1) is 14.6. The number of carbonyl (C=O) groups excluding carboxylic acids is 1. The standard InChI is InChI=1S/C24H24N2O4/c1-15-21(16(2)30-26-15)14-29-23(27)13-12-20-19-6-4-5-7-22(19)25-24(20)17-8-10-18(28-3)11-9-17/h4-11,25H,12-14H2,1-3H3. The number of nitrogens with one attached hydrogen (secondary N) is 1. The number of aromatic nitrogens is 2. The first-order valence-corrected chi connectivity index (χ1v) is 9.88. The molecule has 2 heterocycles. The van der Waals surface area contributed by atoms with Crippen LogP contribution >= 0.6 is 0 Å². The second-order valence-electron chi connectivity index (χ2n) is 7.22. The van der Waals surface area contributed by atoms with Crippen molar-refractivity contribution in [2.75, 3.05) is 7.11 Å².